The zero-order valence-electron chi connectivity index (χ0n) is 17.2. The summed E-state index contributed by atoms with van der Waals surface area (Å²) in [6.45, 7) is 0. The topological polar surface area (TPSA) is 129 Å². The van der Waals surface area contributed by atoms with Gasteiger partial charge in [0.2, 0.25) is 5.82 Å². The van der Waals surface area contributed by atoms with Crippen molar-refractivity contribution in [1.82, 2.24) is 36.1 Å². The van der Waals surface area contributed by atoms with Gasteiger partial charge in [-0.05, 0) is 54.5 Å². The van der Waals surface area contributed by atoms with Gasteiger partial charge in [-0.25, -0.2) is 5.10 Å². The Hall–Kier alpha value is -3.88. The highest BCUT2D eigenvalue weighted by Crippen LogP contribution is 2.62. The summed E-state index contributed by atoms with van der Waals surface area (Å²) in [5.74, 6) is 0.793. The molecule has 0 atom stereocenters. The number of aromatic amines is 2. The van der Waals surface area contributed by atoms with Crippen LogP contribution in [0.5, 0.6) is 0 Å². The normalized spacial score (nSPS) is 24.1. The molecule has 2 aromatic carbocycles. The molecule has 2 aliphatic rings. The number of hydrogen-bond donors (Lipinski definition) is 3. The molecular weight excluding hydrogens is 406 g/mol. The van der Waals surface area contributed by atoms with Crippen LogP contribution < -0.4 is 10.9 Å². The van der Waals surface area contributed by atoms with Gasteiger partial charge >= 0.3 is 0 Å². The first kappa shape index (κ1) is 18.9. The van der Waals surface area contributed by atoms with Crippen molar-refractivity contribution in [3.63, 3.8) is 0 Å². The first-order valence-corrected chi connectivity index (χ1v) is 10.7. The summed E-state index contributed by atoms with van der Waals surface area (Å²) in [7, 11) is 0. The maximum atomic E-state index is 12.6. The second-order valence-electron chi connectivity index (χ2n) is 8.98. The van der Waals surface area contributed by atoms with Gasteiger partial charge < -0.3 is 5.32 Å². The van der Waals surface area contributed by atoms with Gasteiger partial charge in [-0.2, -0.15) is 10.3 Å². The molecule has 3 N–H and O–H groups in total. The smallest absolute Gasteiger partial charge is 0.272 e. The molecule has 0 bridgehead atoms. The second-order valence-corrected chi connectivity index (χ2v) is 8.98. The van der Waals surface area contributed by atoms with Crippen LogP contribution in [0.4, 0.5) is 0 Å². The molecular formula is C23H21N7O2. The van der Waals surface area contributed by atoms with Crippen molar-refractivity contribution in [2.45, 2.75) is 37.6 Å². The Labute approximate surface area is 182 Å². The fraction of sp³-hybridized carbons (Fsp3) is 0.304. The number of amides is 1. The van der Waals surface area contributed by atoms with Crippen molar-refractivity contribution in [3.8, 4) is 11.4 Å². The molecule has 1 spiro atoms. The zero-order chi connectivity index (χ0) is 21.7. The van der Waals surface area contributed by atoms with Gasteiger partial charge in [0, 0.05) is 28.5 Å². The highest BCUT2D eigenvalue weighted by Gasteiger charge is 2.54. The number of rotatable bonds is 4. The fourth-order valence-corrected chi connectivity index (χ4v) is 5.37. The maximum Gasteiger partial charge on any atom is 0.272 e. The van der Waals surface area contributed by atoms with Gasteiger partial charge in [-0.3, -0.25) is 9.59 Å². The van der Waals surface area contributed by atoms with E-state index in [1.54, 1.807) is 12.1 Å². The summed E-state index contributed by atoms with van der Waals surface area (Å²) in [6, 6.07) is 15.0. The molecule has 9 heteroatoms. The molecule has 9 nitrogen and oxygen atoms in total. The lowest BCUT2D eigenvalue weighted by Crippen LogP contribution is -2.55. The molecule has 4 aromatic rings. The van der Waals surface area contributed by atoms with Crippen molar-refractivity contribution in [1.29, 1.82) is 0 Å². The zero-order valence-corrected chi connectivity index (χ0v) is 17.2. The van der Waals surface area contributed by atoms with Crippen molar-refractivity contribution in [2.24, 2.45) is 5.41 Å². The monoisotopic (exact) mass is 427 g/mol. The molecule has 160 valence electrons. The number of H-pyrrole nitrogens is 2. The van der Waals surface area contributed by atoms with E-state index in [9.17, 15) is 9.59 Å². The minimum absolute atomic E-state index is 0.0614. The van der Waals surface area contributed by atoms with Crippen LogP contribution in [0.25, 0.3) is 22.2 Å². The average Bonchev–Trinajstić information content (AvgIpc) is 3.30. The summed E-state index contributed by atoms with van der Waals surface area (Å²) >= 11 is 0. The molecule has 2 aromatic heterocycles. The van der Waals surface area contributed by atoms with Crippen LogP contribution in [0.2, 0.25) is 0 Å². The number of aromatic nitrogens is 6. The van der Waals surface area contributed by atoms with Crippen LogP contribution in [0.1, 0.15) is 47.7 Å². The van der Waals surface area contributed by atoms with E-state index in [-0.39, 0.29) is 22.9 Å². The van der Waals surface area contributed by atoms with Crippen LogP contribution >= 0.6 is 0 Å². The third-order valence-corrected chi connectivity index (χ3v) is 6.92. The number of hydrogen-bond acceptors (Lipinski definition) is 6. The first-order valence-electron chi connectivity index (χ1n) is 10.7. The standard InChI is InChI=1S/C23H21N7O2/c31-21(14-7-5-13(6-8-14)20-26-29-30-27-20)24-16-11-23(12-16)9-15(10-23)19-17-3-1-2-4-18(17)22(32)28-25-19/h1-8,15-16H,9-12H2,(H,24,31)(H,28,32)(H,26,27,29,30)/t15-,16-,23?. The Morgan fingerprint density at radius 1 is 0.969 bits per heavy atom. The SMILES string of the molecule is O=C(N[C@H]1CC2(C1)C[C@H](c1n[nH]c(=O)c3ccccc31)C2)c1ccc(-c2nn[nH]n2)cc1. The first-order chi connectivity index (χ1) is 15.6. The van der Waals surface area contributed by atoms with Crippen molar-refractivity contribution in [2.75, 3.05) is 0 Å². The lowest BCUT2D eigenvalue weighted by Gasteiger charge is -2.57. The van der Waals surface area contributed by atoms with E-state index in [1.165, 1.54) is 0 Å². The average molecular weight is 427 g/mol. The Balaban J connectivity index is 1.07. The highest BCUT2D eigenvalue weighted by atomic mass is 16.1. The molecule has 2 saturated carbocycles. The van der Waals surface area contributed by atoms with Gasteiger partial charge in [0.05, 0.1) is 11.1 Å². The Morgan fingerprint density at radius 2 is 1.72 bits per heavy atom. The number of fused-ring (bicyclic) bond motifs is 1. The summed E-state index contributed by atoms with van der Waals surface area (Å²) < 4.78 is 0. The third kappa shape index (κ3) is 3.08. The molecule has 32 heavy (non-hydrogen) atoms. The lowest BCUT2D eigenvalue weighted by molar-refractivity contribution is -0.0196. The minimum Gasteiger partial charge on any atom is -0.349 e. The molecule has 2 heterocycles. The number of carbonyl (C=O) groups is 1. The van der Waals surface area contributed by atoms with Gasteiger partial charge in [0.1, 0.15) is 0 Å². The molecule has 0 aliphatic heterocycles. The van der Waals surface area contributed by atoms with Crippen molar-refractivity contribution < 1.29 is 4.79 Å². The Kier molecular flexibility index (Phi) is 4.17. The van der Waals surface area contributed by atoms with E-state index in [0.29, 0.717) is 22.7 Å². The molecule has 2 fully saturated rings. The van der Waals surface area contributed by atoms with Gasteiger partial charge in [0.15, 0.2) is 0 Å². The molecule has 6 rings (SSSR count). The molecule has 0 unspecified atom stereocenters. The summed E-state index contributed by atoms with van der Waals surface area (Å²) in [6.07, 6.45) is 4.05. The molecule has 2 aliphatic carbocycles. The van der Waals surface area contributed by atoms with Gasteiger partial charge in [-0.1, -0.05) is 30.3 Å². The van der Waals surface area contributed by atoms with Crippen molar-refractivity contribution in [3.05, 3.63) is 70.1 Å². The van der Waals surface area contributed by atoms with E-state index in [4.69, 9.17) is 0 Å². The van der Waals surface area contributed by atoms with E-state index in [1.807, 2.05) is 36.4 Å². The maximum absolute atomic E-state index is 12.6. The minimum atomic E-state index is -0.143. The fourth-order valence-electron chi connectivity index (χ4n) is 5.37. The van der Waals surface area contributed by atoms with E-state index < -0.39 is 0 Å². The summed E-state index contributed by atoms with van der Waals surface area (Å²) in [4.78, 5) is 24.6. The largest absolute Gasteiger partial charge is 0.349 e. The Morgan fingerprint density at radius 3 is 2.44 bits per heavy atom. The quantitative estimate of drug-likeness (QED) is 0.459. The number of carbonyl (C=O) groups excluding carboxylic acids is 1. The number of benzene rings is 2. The van der Waals surface area contributed by atoms with E-state index in [2.05, 4.69) is 36.1 Å². The van der Waals surface area contributed by atoms with Crippen LogP contribution in [-0.2, 0) is 0 Å². The summed E-state index contributed by atoms with van der Waals surface area (Å²) in [5, 5.41) is 25.7. The highest BCUT2D eigenvalue weighted by molar-refractivity contribution is 5.94. The van der Waals surface area contributed by atoms with E-state index >= 15 is 0 Å². The molecule has 1 amide bonds. The number of tetrazole rings is 1. The van der Waals surface area contributed by atoms with Gasteiger partial charge in [0.25, 0.3) is 11.5 Å². The van der Waals surface area contributed by atoms with Gasteiger partial charge in [-0.15, -0.1) is 10.2 Å². The summed E-state index contributed by atoms with van der Waals surface area (Å²) in [5.41, 5.74) is 2.55. The predicted molar refractivity (Wildman–Crippen MR) is 117 cm³/mol. The molecule has 0 saturated heterocycles. The van der Waals surface area contributed by atoms with Crippen LogP contribution in [0.3, 0.4) is 0 Å². The van der Waals surface area contributed by atoms with Crippen LogP contribution in [0.15, 0.2) is 53.3 Å². The van der Waals surface area contributed by atoms with Crippen LogP contribution in [-0.4, -0.2) is 42.8 Å². The molecule has 0 radical (unpaired) electrons. The van der Waals surface area contributed by atoms with E-state index in [0.717, 1.165) is 42.3 Å². The number of nitrogens with one attached hydrogen (secondary N) is 3. The lowest BCUT2D eigenvalue weighted by atomic mass is 9.49. The Bertz CT molecular complexity index is 1350. The number of nitrogens with zero attached hydrogens (tertiary/aromatic N) is 4. The second kappa shape index (κ2) is 7.08. The van der Waals surface area contributed by atoms with Crippen molar-refractivity contribution >= 4 is 16.7 Å². The third-order valence-electron chi connectivity index (χ3n) is 6.92. The van der Waals surface area contributed by atoms with Crippen LogP contribution in [0, 0.1) is 5.41 Å². The predicted octanol–water partition coefficient (Wildman–Crippen LogP) is 2.56.